The first-order valence-corrected chi connectivity index (χ1v) is 17.1. The number of hydrogen-bond acceptors (Lipinski definition) is 9. The summed E-state index contributed by atoms with van der Waals surface area (Å²) in [5, 5.41) is 20.2. The summed E-state index contributed by atoms with van der Waals surface area (Å²) in [4.78, 5) is 12.0. The molecule has 0 radical (unpaired) electrons. The molecule has 4 heterocycles. The molecule has 0 aromatic carbocycles. The first-order valence-electron chi connectivity index (χ1n) is 15.4. The van der Waals surface area contributed by atoms with Crippen molar-refractivity contribution in [3.05, 3.63) is 32.0 Å². The van der Waals surface area contributed by atoms with Gasteiger partial charge in [0.15, 0.2) is 6.40 Å². The van der Waals surface area contributed by atoms with Crippen molar-refractivity contribution in [1.29, 1.82) is 10.5 Å². The molecule has 2 aliphatic heterocycles. The highest BCUT2D eigenvalue weighted by atomic mass is 32.1. The SMILES string of the molecule is COC=Nc1sc2c(c1C#N)CN(CC1CCCCC1)CC2.N#Cc1c(N)sc2c1CN(CC1CCCCC1)CC2. The van der Waals surface area contributed by atoms with Crippen molar-refractivity contribution in [1.82, 2.24) is 9.80 Å². The van der Waals surface area contributed by atoms with Gasteiger partial charge in [-0.2, -0.15) is 10.5 Å². The van der Waals surface area contributed by atoms with Crippen LogP contribution in [-0.2, 0) is 30.7 Å². The Morgan fingerprint density at radius 2 is 1.34 bits per heavy atom. The molecule has 2 N–H and O–H groups in total. The smallest absolute Gasteiger partial charge is 0.175 e. The van der Waals surface area contributed by atoms with Crippen LogP contribution in [0.1, 0.15) is 96.2 Å². The molecular weight excluding hydrogens is 549 g/mol. The number of fused-ring (bicyclic) bond motifs is 2. The lowest BCUT2D eigenvalue weighted by atomic mass is 9.88. The van der Waals surface area contributed by atoms with Crippen LogP contribution in [0.4, 0.5) is 10.0 Å². The van der Waals surface area contributed by atoms with Crippen LogP contribution in [0.2, 0.25) is 0 Å². The zero-order valence-corrected chi connectivity index (χ0v) is 26.1. The number of rotatable bonds is 6. The number of nitrogens with zero attached hydrogens (tertiary/aromatic N) is 5. The highest BCUT2D eigenvalue weighted by Crippen LogP contribution is 2.39. The molecule has 220 valence electrons. The molecule has 2 aromatic heterocycles. The van der Waals surface area contributed by atoms with Crippen LogP contribution in [0, 0.1) is 34.5 Å². The van der Waals surface area contributed by atoms with Crippen LogP contribution in [0.5, 0.6) is 0 Å². The predicted octanol–water partition coefficient (Wildman–Crippen LogP) is 7.00. The molecule has 4 aliphatic rings. The lowest BCUT2D eigenvalue weighted by molar-refractivity contribution is 0.188. The predicted molar refractivity (Wildman–Crippen MR) is 169 cm³/mol. The van der Waals surface area contributed by atoms with Crippen LogP contribution < -0.4 is 5.73 Å². The lowest BCUT2D eigenvalue weighted by Crippen LogP contribution is -2.34. The van der Waals surface area contributed by atoms with E-state index in [1.54, 1.807) is 29.8 Å². The molecule has 0 saturated heterocycles. The molecule has 2 fully saturated rings. The monoisotopic (exact) mass is 592 g/mol. The fourth-order valence-corrected chi connectivity index (χ4v) is 9.21. The molecular formula is C32H44N6OS2. The summed E-state index contributed by atoms with van der Waals surface area (Å²) >= 11 is 3.27. The van der Waals surface area contributed by atoms with Crippen LogP contribution in [0.25, 0.3) is 0 Å². The molecule has 7 nitrogen and oxygen atoms in total. The van der Waals surface area contributed by atoms with E-state index in [2.05, 4.69) is 26.9 Å². The van der Waals surface area contributed by atoms with Crippen molar-refractivity contribution in [3.8, 4) is 12.1 Å². The minimum atomic E-state index is 0.715. The third kappa shape index (κ3) is 7.51. The first kappa shape index (κ1) is 30.0. The third-order valence-electron chi connectivity index (χ3n) is 9.24. The van der Waals surface area contributed by atoms with Crippen molar-refractivity contribution in [2.45, 2.75) is 90.1 Å². The fraction of sp³-hybridized carbons (Fsp3) is 0.656. The van der Waals surface area contributed by atoms with Gasteiger partial charge >= 0.3 is 0 Å². The van der Waals surface area contributed by atoms with Gasteiger partial charge in [0.05, 0.1) is 18.2 Å². The minimum absolute atomic E-state index is 0.715. The van der Waals surface area contributed by atoms with Crippen molar-refractivity contribution in [2.75, 3.05) is 39.0 Å². The van der Waals surface area contributed by atoms with E-state index in [0.717, 1.165) is 67.0 Å². The number of ether oxygens (including phenoxy) is 1. The van der Waals surface area contributed by atoms with Gasteiger partial charge in [0.1, 0.15) is 22.1 Å². The second kappa shape index (κ2) is 14.6. The summed E-state index contributed by atoms with van der Waals surface area (Å²) in [5.74, 6) is 1.72. The summed E-state index contributed by atoms with van der Waals surface area (Å²) in [6, 6.07) is 4.64. The summed E-state index contributed by atoms with van der Waals surface area (Å²) in [6.07, 6.45) is 17.5. The molecule has 2 aliphatic carbocycles. The van der Waals surface area contributed by atoms with Crippen LogP contribution >= 0.6 is 22.7 Å². The van der Waals surface area contributed by atoms with E-state index >= 15 is 0 Å². The molecule has 0 atom stereocenters. The number of methoxy groups -OCH3 is 1. The topological polar surface area (TPSA) is 102 Å². The molecule has 0 unspecified atom stereocenters. The van der Waals surface area contributed by atoms with Gasteiger partial charge < -0.3 is 10.5 Å². The van der Waals surface area contributed by atoms with Crippen molar-refractivity contribution < 1.29 is 4.74 Å². The van der Waals surface area contributed by atoms with Gasteiger partial charge in [-0.25, -0.2) is 4.99 Å². The number of nitrogens with two attached hydrogens (primary N) is 1. The second-order valence-corrected chi connectivity index (χ2v) is 14.3. The maximum Gasteiger partial charge on any atom is 0.175 e. The van der Waals surface area contributed by atoms with E-state index in [1.807, 2.05) is 0 Å². The first-order chi connectivity index (χ1) is 20.1. The number of hydrogen-bond donors (Lipinski definition) is 1. The molecule has 41 heavy (non-hydrogen) atoms. The Morgan fingerprint density at radius 3 is 1.85 bits per heavy atom. The quantitative estimate of drug-likeness (QED) is 0.286. The highest BCUT2D eigenvalue weighted by Gasteiger charge is 2.27. The van der Waals surface area contributed by atoms with Gasteiger partial charge in [-0.15, -0.1) is 22.7 Å². The molecule has 0 bridgehead atoms. The zero-order valence-electron chi connectivity index (χ0n) is 24.5. The van der Waals surface area contributed by atoms with E-state index in [-0.39, 0.29) is 0 Å². The van der Waals surface area contributed by atoms with Crippen molar-refractivity contribution >= 4 is 39.1 Å². The van der Waals surface area contributed by atoms with Gasteiger partial charge in [0.2, 0.25) is 0 Å². The molecule has 0 spiro atoms. The third-order valence-corrected chi connectivity index (χ3v) is 11.6. The highest BCUT2D eigenvalue weighted by molar-refractivity contribution is 7.16. The molecule has 2 aromatic rings. The molecule has 0 amide bonds. The molecule has 9 heteroatoms. The number of thiophene rings is 2. The summed E-state index contributed by atoms with van der Waals surface area (Å²) < 4.78 is 4.89. The molecule has 6 rings (SSSR count). The van der Waals surface area contributed by atoms with E-state index in [4.69, 9.17) is 10.5 Å². The average Bonchev–Trinajstić information content (AvgIpc) is 3.52. The van der Waals surface area contributed by atoms with E-state index in [1.165, 1.54) is 105 Å². The van der Waals surface area contributed by atoms with Crippen LogP contribution in [0.15, 0.2) is 4.99 Å². The number of nitriles is 2. The van der Waals surface area contributed by atoms with Gasteiger partial charge in [0, 0.05) is 60.1 Å². The van der Waals surface area contributed by atoms with Gasteiger partial charge in [0.25, 0.3) is 0 Å². The van der Waals surface area contributed by atoms with Crippen molar-refractivity contribution in [2.24, 2.45) is 16.8 Å². The largest absolute Gasteiger partial charge is 0.486 e. The Bertz CT molecular complexity index is 1270. The Kier molecular flexibility index (Phi) is 10.7. The summed E-state index contributed by atoms with van der Waals surface area (Å²) in [5.41, 5.74) is 9.86. The zero-order chi connectivity index (χ0) is 28.6. The van der Waals surface area contributed by atoms with Gasteiger partial charge in [-0.05, 0) is 50.4 Å². The van der Waals surface area contributed by atoms with E-state index < -0.39 is 0 Å². The fourth-order valence-electron chi connectivity index (χ4n) is 7.11. The average molecular weight is 593 g/mol. The lowest BCUT2D eigenvalue weighted by Gasteiger charge is -2.32. The number of nitrogen functional groups attached to an aromatic ring is 1. The Morgan fingerprint density at radius 1 is 0.829 bits per heavy atom. The van der Waals surface area contributed by atoms with E-state index in [0.29, 0.717) is 5.00 Å². The Hall–Kier alpha value is -2.43. The van der Waals surface area contributed by atoms with Crippen LogP contribution in [0.3, 0.4) is 0 Å². The van der Waals surface area contributed by atoms with Gasteiger partial charge in [-0.1, -0.05) is 38.5 Å². The van der Waals surface area contributed by atoms with Gasteiger partial charge in [-0.3, -0.25) is 9.80 Å². The normalized spacial score (nSPS) is 20.5. The van der Waals surface area contributed by atoms with Crippen LogP contribution in [-0.4, -0.2) is 49.5 Å². The number of aliphatic imine (C=N–C) groups is 1. The standard InChI is InChI=1S/C17H23N3OS.C15H21N3S/c1-21-12-19-17-14(9-18)15-11-20(8-7-16(15)22-17)10-13-5-3-2-4-6-13;16-8-12-13-10-18(7-6-14(13)19-15(12)17)9-11-4-2-1-3-5-11/h12-13H,2-8,10-11H2,1H3;11H,1-7,9-10,17H2. The number of anilines is 1. The molecule has 2 saturated carbocycles. The Balaban J connectivity index is 0.000000166. The minimum Gasteiger partial charge on any atom is -0.486 e. The maximum absolute atomic E-state index is 9.49. The van der Waals surface area contributed by atoms with Crippen molar-refractivity contribution in [3.63, 3.8) is 0 Å². The Labute approximate surface area is 253 Å². The summed E-state index contributed by atoms with van der Waals surface area (Å²) in [7, 11) is 1.58. The summed E-state index contributed by atoms with van der Waals surface area (Å²) in [6.45, 7) is 6.49. The second-order valence-electron chi connectivity index (χ2n) is 12.1. The maximum atomic E-state index is 9.49. The van der Waals surface area contributed by atoms with E-state index in [9.17, 15) is 10.5 Å².